The van der Waals surface area contributed by atoms with E-state index in [1.54, 1.807) is 77.0 Å². The summed E-state index contributed by atoms with van der Waals surface area (Å²) in [6.45, 7) is 2.87. The van der Waals surface area contributed by atoms with Gasteiger partial charge in [-0.15, -0.1) is 0 Å². The van der Waals surface area contributed by atoms with Crippen molar-refractivity contribution in [3.05, 3.63) is 0 Å². The minimum Gasteiger partial charge on any atom is -0.303 e. The van der Waals surface area contributed by atoms with Crippen LogP contribution in [-0.2, 0) is 13.6 Å². The second-order valence-electron chi connectivity index (χ2n) is 8.93. The zero-order chi connectivity index (χ0) is 19.8. The molecule has 1 N–H and O–H groups in total. The second kappa shape index (κ2) is 11.7. The van der Waals surface area contributed by atoms with Crippen molar-refractivity contribution in [1.29, 1.82) is 0 Å². The maximum atomic E-state index is 10.1. The first kappa shape index (κ1) is 23.8. The van der Waals surface area contributed by atoms with E-state index in [-0.39, 0.29) is 0 Å². The molecule has 0 aliphatic heterocycles. The summed E-state index contributed by atoms with van der Waals surface area (Å²) >= 11 is 0. The standard InChI is InChI=1S/C19H36P.C2H7O4P/c1-20(17-11-5-2-6-12-17,18-13-7-3-8-14-18)19-15-9-4-10-16-19;1-5-7(3,4)6-2/h17-19H,2-16H2,1H3;1-2H3,(H,3,4)/q+1;. The molecule has 0 spiro atoms. The van der Waals surface area contributed by atoms with E-state index in [1.807, 2.05) is 0 Å². The molecule has 0 aromatic carbocycles. The van der Waals surface area contributed by atoms with Crippen LogP contribution in [0.1, 0.15) is 96.3 Å². The van der Waals surface area contributed by atoms with Crippen molar-refractivity contribution in [2.75, 3.05) is 20.9 Å². The molecule has 0 radical (unpaired) electrons. The van der Waals surface area contributed by atoms with Crippen LogP contribution in [0.3, 0.4) is 0 Å². The molecular formula is C21H43O4P2+. The maximum Gasteiger partial charge on any atom is 0.471 e. The largest absolute Gasteiger partial charge is 0.471 e. The van der Waals surface area contributed by atoms with Crippen LogP contribution in [0.5, 0.6) is 0 Å². The van der Waals surface area contributed by atoms with Crippen molar-refractivity contribution in [3.63, 3.8) is 0 Å². The molecule has 0 amide bonds. The lowest BCUT2D eigenvalue weighted by atomic mass is 9.99. The monoisotopic (exact) mass is 421 g/mol. The fourth-order valence-corrected chi connectivity index (χ4v) is 12.3. The second-order valence-corrected chi connectivity index (χ2v) is 15.2. The van der Waals surface area contributed by atoms with Gasteiger partial charge in [-0.25, -0.2) is 4.57 Å². The van der Waals surface area contributed by atoms with E-state index in [2.05, 4.69) is 15.7 Å². The van der Waals surface area contributed by atoms with Crippen molar-refractivity contribution in [3.8, 4) is 0 Å². The van der Waals surface area contributed by atoms with E-state index in [9.17, 15) is 4.57 Å². The van der Waals surface area contributed by atoms with Crippen molar-refractivity contribution < 1.29 is 18.5 Å². The first-order valence-corrected chi connectivity index (χ1v) is 15.2. The van der Waals surface area contributed by atoms with Crippen LogP contribution in [-0.4, -0.2) is 42.8 Å². The lowest BCUT2D eigenvalue weighted by Gasteiger charge is -2.46. The summed E-state index contributed by atoms with van der Waals surface area (Å²) in [6.07, 6.45) is 23.6. The van der Waals surface area contributed by atoms with Gasteiger partial charge in [0.05, 0.1) is 17.0 Å². The summed E-state index contributed by atoms with van der Waals surface area (Å²) in [5.74, 6) is 0. The molecule has 3 rings (SSSR count). The molecule has 0 unspecified atom stereocenters. The quantitative estimate of drug-likeness (QED) is 0.485. The third-order valence-corrected chi connectivity index (χ3v) is 14.7. The van der Waals surface area contributed by atoms with Gasteiger partial charge in [-0.2, -0.15) is 0 Å². The van der Waals surface area contributed by atoms with Crippen LogP contribution in [0.4, 0.5) is 0 Å². The zero-order valence-electron chi connectivity index (χ0n) is 17.9. The predicted octanol–water partition coefficient (Wildman–Crippen LogP) is 7.01. The third-order valence-electron chi connectivity index (χ3n) is 7.55. The highest BCUT2D eigenvalue weighted by molar-refractivity contribution is 7.77. The molecule has 0 heterocycles. The Bertz CT molecular complexity index is 400. The Kier molecular flexibility index (Phi) is 10.3. The first-order chi connectivity index (χ1) is 12.9. The number of hydrogen-bond acceptors (Lipinski definition) is 3. The Labute approximate surface area is 168 Å². The topological polar surface area (TPSA) is 55.8 Å². The van der Waals surface area contributed by atoms with Crippen LogP contribution in [0.25, 0.3) is 0 Å². The Morgan fingerprint density at radius 1 is 0.667 bits per heavy atom. The van der Waals surface area contributed by atoms with E-state index in [0.717, 1.165) is 14.2 Å². The Hall–Kier alpha value is 0.540. The van der Waals surface area contributed by atoms with Crippen molar-refractivity contribution in [2.24, 2.45) is 0 Å². The molecule has 3 aliphatic carbocycles. The normalized spacial score (nSPS) is 24.3. The van der Waals surface area contributed by atoms with Crippen LogP contribution in [0.2, 0.25) is 0 Å². The summed E-state index contributed by atoms with van der Waals surface area (Å²) < 4.78 is 18.0. The summed E-state index contributed by atoms with van der Waals surface area (Å²) in [5.41, 5.74) is 3.55. The summed E-state index contributed by atoms with van der Waals surface area (Å²) in [7, 11) is -2.15. The van der Waals surface area contributed by atoms with Crippen molar-refractivity contribution in [1.82, 2.24) is 0 Å². The smallest absolute Gasteiger partial charge is 0.303 e. The van der Waals surface area contributed by atoms with Gasteiger partial charge in [0.15, 0.2) is 0 Å². The summed E-state index contributed by atoms with van der Waals surface area (Å²) in [4.78, 5) is 8.24. The van der Waals surface area contributed by atoms with Gasteiger partial charge in [0, 0.05) is 28.1 Å². The van der Waals surface area contributed by atoms with Gasteiger partial charge in [-0.1, -0.05) is 19.3 Å². The maximum absolute atomic E-state index is 10.1. The number of rotatable bonds is 5. The van der Waals surface area contributed by atoms with Gasteiger partial charge in [0.2, 0.25) is 0 Å². The Morgan fingerprint density at radius 3 is 1.11 bits per heavy atom. The highest BCUT2D eigenvalue weighted by atomic mass is 31.2. The van der Waals surface area contributed by atoms with E-state index in [4.69, 9.17) is 4.89 Å². The lowest BCUT2D eigenvalue weighted by molar-refractivity contribution is 0.204. The lowest BCUT2D eigenvalue weighted by Crippen LogP contribution is -2.35. The third kappa shape index (κ3) is 6.78. The molecule has 3 fully saturated rings. The molecule has 160 valence electrons. The zero-order valence-corrected chi connectivity index (χ0v) is 19.7. The molecular weight excluding hydrogens is 378 g/mol. The Morgan fingerprint density at radius 2 is 0.926 bits per heavy atom. The summed E-state index contributed by atoms with van der Waals surface area (Å²) in [5, 5.41) is 0. The van der Waals surface area contributed by atoms with Gasteiger partial charge in [0.1, 0.15) is 0 Å². The number of phosphoric acid groups is 1. The molecule has 0 aromatic heterocycles. The molecule has 3 saturated carbocycles. The minimum atomic E-state index is -3.65. The van der Waals surface area contributed by atoms with Gasteiger partial charge in [-0.3, -0.25) is 9.05 Å². The van der Waals surface area contributed by atoms with E-state index in [0.29, 0.717) is 0 Å². The molecule has 27 heavy (non-hydrogen) atoms. The molecule has 3 aliphatic rings. The van der Waals surface area contributed by atoms with Crippen molar-refractivity contribution in [2.45, 2.75) is 113 Å². The molecule has 6 heteroatoms. The van der Waals surface area contributed by atoms with Gasteiger partial charge in [-0.05, 0) is 77.0 Å². The van der Waals surface area contributed by atoms with Crippen LogP contribution in [0.15, 0.2) is 0 Å². The molecule has 0 bridgehead atoms. The minimum absolute atomic E-state index is 0.696. The van der Waals surface area contributed by atoms with Gasteiger partial charge in [0.25, 0.3) is 0 Å². The van der Waals surface area contributed by atoms with Crippen molar-refractivity contribution >= 4 is 15.1 Å². The highest BCUT2D eigenvalue weighted by Gasteiger charge is 2.53. The van der Waals surface area contributed by atoms with E-state index >= 15 is 0 Å². The number of hydrogen-bond donors (Lipinski definition) is 1. The molecule has 0 saturated heterocycles. The van der Waals surface area contributed by atoms with E-state index in [1.165, 1.54) is 36.2 Å². The van der Waals surface area contributed by atoms with Gasteiger partial charge < -0.3 is 4.89 Å². The SMILES string of the molecule is COP(=O)(O)OC.C[P+](C1CCCCC1)(C1CCCCC1)C1CCCCC1. The highest BCUT2D eigenvalue weighted by Crippen LogP contribution is 2.74. The summed E-state index contributed by atoms with van der Waals surface area (Å²) in [6, 6.07) is 0. The fourth-order valence-electron chi connectivity index (χ4n) is 5.88. The number of phosphoric ester groups is 1. The first-order valence-electron chi connectivity index (χ1n) is 11.2. The van der Waals surface area contributed by atoms with Crippen LogP contribution < -0.4 is 0 Å². The predicted molar refractivity (Wildman–Crippen MR) is 117 cm³/mol. The fraction of sp³-hybridized carbons (Fsp3) is 1.00. The average molecular weight is 422 g/mol. The van der Waals surface area contributed by atoms with Crippen LogP contribution >= 0.6 is 15.1 Å². The van der Waals surface area contributed by atoms with Crippen LogP contribution in [0, 0.1) is 0 Å². The molecule has 0 atom stereocenters. The molecule has 0 aromatic rings. The van der Waals surface area contributed by atoms with Gasteiger partial charge >= 0.3 is 7.82 Å². The molecule has 4 nitrogen and oxygen atoms in total. The van der Waals surface area contributed by atoms with E-state index < -0.39 is 15.1 Å². The Balaban J connectivity index is 0.000000321. The average Bonchev–Trinajstić information content (AvgIpc) is 2.75.